The molecular weight excluding hydrogens is 502 g/mol. The number of rotatable bonds is 9. The molecule has 0 spiro atoms. The number of amides is 3. The van der Waals surface area contributed by atoms with Crippen molar-refractivity contribution in [2.45, 2.75) is 62.7 Å². The molecule has 4 atom stereocenters. The van der Waals surface area contributed by atoms with Gasteiger partial charge in [0.2, 0.25) is 17.7 Å². The molecule has 2 aliphatic heterocycles. The lowest BCUT2D eigenvalue weighted by Gasteiger charge is -2.32. The number of hydrogen-bond donors (Lipinski definition) is 3. The zero-order chi connectivity index (χ0) is 27.9. The molecule has 0 radical (unpaired) electrons. The van der Waals surface area contributed by atoms with Crippen LogP contribution >= 0.6 is 0 Å². The van der Waals surface area contributed by atoms with E-state index in [0.717, 1.165) is 23.1 Å². The van der Waals surface area contributed by atoms with Gasteiger partial charge in [-0.15, -0.1) is 0 Å². The summed E-state index contributed by atoms with van der Waals surface area (Å²) >= 11 is 0. The molecule has 0 aliphatic carbocycles. The lowest BCUT2D eigenvalue weighted by molar-refractivity contribution is -0.144. The second-order valence-electron chi connectivity index (χ2n) is 10.8. The zero-order valence-electron chi connectivity index (χ0n) is 22.6. The van der Waals surface area contributed by atoms with Gasteiger partial charge in [0, 0.05) is 25.0 Å². The van der Waals surface area contributed by atoms with Crippen molar-refractivity contribution in [3.05, 3.63) is 108 Å². The summed E-state index contributed by atoms with van der Waals surface area (Å²) in [5.74, 6) is -1.09. The van der Waals surface area contributed by atoms with Crippen molar-refractivity contribution < 1.29 is 19.5 Å². The van der Waals surface area contributed by atoms with Crippen molar-refractivity contribution >= 4 is 17.7 Å². The molecule has 7 heteroatoms. The number of carbonyl (C=O) groups excluding carboxylic acids is 3. The highest BCUT2D eigenvalue weighted by Gasteiger charge is 2.47. The van der Waals surface area contributed by atoms with E-state index in [-0.39, 0.29) is 48.8 Å². The third kappa shape index (κ3) is 6.26. The molecule has 0 bridgehead atoms. The molecule has 40 heavy (non-hydrogen) atoms. The normalized spacial score (nSPS) is 22.4. The molecule has 208 valence electrons. The lowest BCUT2D eigenvalue weighted by Crippen LogP contribution is -2.56. The first kappa shape index (κ1) is 27.6. The molecule has 7 nitrogen and oxygen atoms in total. The van der Waals surface area contributed by atoms with Crippen LogP contribution in [-0.4, -0.2) is 52.5 Å². The van der Waals surface area contributed by atoms with E-state index < -0.39 is 12.1 Å². The van der Waals surface area contributed by atoms with Gasteiger partial charge in [-0.05, 0) is 48.8 Å². The van der Waals surface area contributed by atoms with Crippen LogP contribution in [0.15, 0.2) is 91.0 Å². The second-order valence-corrected chi connectivity index (χ2v) is 10.8. The maximum Gasteiger partial charge on any atom is 0.246 e. The van der Waals surface area contributed by atoms with E-state index in [1.165, 1.54) is 0 Å². The van der Waals surface area contributed by atoms with Crippen LogP contribution in [0.2, 0.25) is 0 Å². The van der Waals surface area contributed by atoms with E-state index in [1.807, 2.05) is 91.0 Å². The summed E-state index contributed by atoms with van der Waals surface area (Å²) in [7, 11) is 0. The summed E-state index contributed by atoms with van der Waals surface area (Å²) in [6.45, 7) is -0.198. The van der Waals surface area contributed by atoms with Gasteiger partial charge in [0.15, 0.2) is 0 Å². The lowest BCUT2D eigenvalue weighted by atomic mass is 9.93. The summed E-state index contributed by atoms with van der Waals surface area (Å²) < 4.78 is 0. The third-order valence-corrected chi connectivity index (χ3v) is 8.25. The van der Waals surface area contributed by atoms with E-state index in [1.54, 1.807) is 4.90 Å². The summed E-state index contributed by atoms with van der Waals surface area (Å²) in [6.07, 6.45) is 3.40. The first-order valence-corrected chi connectivity index (χ1v) is 14.2. The van der Waals surface area contributed by atoms with Crippen LogP contribution in [0.3, 0.4) is 0 Å². The van der Waals surface area contributed by atoms with Crippen LogP contribution < -0.4 is 10.6 Å². The van der Waals surface area contributed by atoms with E-state index in [4.69, 9.17) is 0 Å². The van der Waals surface area contributed by atoms with E-state index in [9.17, 15) is 19.5 Å². The highest BCUT2D eigenvalue weighted by Crippen LogP contribution is 2.34. The second kappa shape index (κ2) is 12.9. The topological polar surface area (TPSA) is 98.7 Å². The van der Waals surface area contributed by atoms with Gasteiger partial charge in [-0.1, -0.05) is 91.0 Å². The minimum absolute atomic E-state index is 0.0876. The Kier molecular flexibility index (Phi) is 8.91. The average molecular weight is 540 g/mol. The summed E-state index contributed by atoms with van der Waals surface area (Å²) in [5, 5.41) is 16.3. The Hall–Kier alpha value is -3.97. The highest BCUT2D eigenvalue weighted by molar-refractivity contribution is 5.93. The van der Waals surface area contributed by atoms with Crippen LogP contribution in [0.5, 0.6) is 0 Å². The SMILES string of the molecule is O=C(CCc1ccccc1)NC1C(=O)N2C(CCC1CO)CCC2C(=O)NC(c1ccccc1)c1ccccc1. The number of hydrogen-bond acceptors (Lipinski definition) is 4. The minimum Gasteiger partial charge on any atom is -0.396 e. The molecule has 0 aromatic heterocycles. The monoisotopic (exact) mass is 539 g/mol. The first-order valence-electron chi connectivity index (χ1n) is 14.2. The van der Waals surface area contributed by atoms with Gasteiger partial charge in [0.05, 0.1) is 6.04 Å². The standard InChI is InChI=1S/C33H37N3O4/c37-22-26-17-18-27-19-20-28(32(39)35-30(24-12-6-2-7-13-24)25-14-8-3-9-15-25)36(27)33(40)31(26)34-29(38)21-16-23-10-4-1-5-11-23/h1-15,26-28,30-31,37H,16-22H2,(H,34,38)(H,35,39). The number of nitrogens with zero attached hydrogens (tertiary/aromatic N) is 1. The molecule has 3 aromatic rings. The highest BCUT2D eigenvalue weighted by atomic mass is 16.3. The summed E-state index contributed by atoms with van der Waals surface area (Å²) in [4.78, 5) is 42.4. The van der Waals surface area contributed by atoms with Crippen molar-refractivity contribution in [3.63, 3.8) is 0 Å². The molecule has 3 aromatic carbocycles. The van der Waals surface area contributed by atoms with Gasteiger partial charge in [0.1, 0.15) is 12.1 Å². The average Bonchev–Trinajstić information content (AvgIpc) is 3.38. The largest absolute Gasteiger partial charge is 0.396 e. The molecule has 4 unspecified atom stereocenters. The maximum absolute atomic E-state index is 14.0. The Morgan fingerprint density at radius 3 is 2.00 bits per heavy atom. The molecule has 2 saturated heterocycles. The number of aryl methyl sites for hydroxylation is 1. The van der Waals surface area contributed by atoms with Gasteiger partial charge in [0.25, 0.3) is 0 Å². The van der Waals surface area contributed by atoms with Crippen LogP contribution in [0.1, 0.15) is 54.8 Å². The van der Waals surface area contributed by atoms with Crippen molar-refractivity contribution in [1.82, 2.24) is 15.5 Å². The Bertz CT molecular complexity index is 1250. The van der Waals surface area contributed by atoms with Crippen molar-refractivity contribution in [2.24, 2.45) is 5.92 Å². The van der Waals surface area contributed by atoms with Crippen LogP contribution in [0, 0.1) is 5.92 Å². The number of fused-ring (bicyclic) bond motifs is 1. The first-order chi connectivity index (χ1) is 19.5. The Labute approximate surface area is 235 Å². The third-order valence-electron chi connectivity index (χ3n) is 8.25. The van der Waals surface area contributed by atoms with E-state index >= 15 is 0 Å². The zero-order valence-corrected chi connectivity index (χ0v) is 22.6. The molecular formula is C33H37N3O4. The minimum atomic E-state index is -0.856. The molecule has 2 fully saturated rings. The number of benzene rings is 3. The number of nitrogens with one attached hydrogen (secondary N) is 2. The van der Waals surface area contributed by atoms with E-state index in [2.05, 4.69) is 10.6 Å². The van der Waals surface area contributed by atoms with Crippen LogP contribution in [0.25, 0.3) is 0 Å². The fraction of sp³-hybridized carbons (Fsp3) is 0.364. The fourth-order valence-corrected chi connectivity index (χ4v) is 6.11. The summed E-state index contributed by atoms with van der Waals surface area (Å²) in [5.41, 5.74) is 2.97. The predicted molar refractivity (Wildman–Crippen MR) is 153 cm³/mol. The van der Waals surface area contributed by atoms with Gasteiger partial charge < -0.3 is 20.6 Å². The molecule has 2 aliphatic rings. The van der Waals surface area contributed by atoms with Crippen LogP contribution in [-0.2, 0) is 20.8 Å². The van der Waals surface area contributed by atoms with Gasteiger partial charge in [-0.25, -0.2) is 0 Å². The van der Waals surface area contributed by atoms with Gasteiger partial charge in [-0.3, -0.25) is 14.4 Å². The Morgan fingerprint density at radius 2 is 1.40 bits per heavy atom. The molecule has 5 rings (SSSR count). The molecule has 3 N–H and O–H groups in total. The fourth-order valence-electron chi connectivity index (χ4n) is 6.11. The van der Waals surface area contributed by atoms with Crippen molar-refractivity contribution in [1.29, 1.82) is 0 Å². The van der Waals surface area contributed by atoms with Crippen LogP contribution in [0.4, 0.5) is 0 Å². The van der Waals surface area contributed by atoms with Crippen molar-refractivity contribution in [2.75, 3.05) is 6.61 Å². The van der Waals surface area contributed by atoms with Gasteiger partial charge >= 0.3 is 0 Å². The number of carbonyl (C=O) groups is 3. The molecule has 0 saturated carbocycles. The molecule has 2 heterocycles. The maximum atomic E-state index is 14.0. The van der Waals surface area contributed by atoms with E-state index in [0.29, 0.717) is 25.7 Å². The van der Waals surface area contributed by atoms with Gasteiger partial charge in [-0.2, -0.15) is 0 Å². The molecule has 3 amide bonds. The Balaban J connectivity index is 1.32. The number of aliphatic hydroxyl groups excluding tert-OH is 1. The Morgan fingerprint density at radius 1 is 0.825 bits per heavy atom. The quantitative estimate of drug-likeness (QED) is 0.386. The smallest absolute Gasteiger partial charge is 0.246 e. The predicted octanol–water partition coefficient (Wildman–Crippen LogP) is 3.77. The summed E-state index contributed by atoms with van der Waals surface area (Å²) in [6, 6.07) is 27.4. The van der Waals surface area contributed by atoms with Crippen molar-refractivity contribution in [3.8, 4) is 0 Å². The number of aliphatic hydroxyl groups is 1.